The van der Waals surface area contributed by atoms with Crippen molar-refractivity contribution in [3.63, 3.8) is 0 Å². The van der Waals surface area contributed by atoms with Gasteiger partial charge in [0, 0.05) is 0 Å². The fourth-order valence-electron chi connectivity index (χ4n) is 1.55. The van der Waals surface area contributed by atoms with Gasteiger partial charge in [0.2, 0.25) is 0 Å². The number of fused-ring (bicyclic) bond motifs is 1. The summed E-state index contributed by atoms with van der Waals surface area (Å²) >= 11 is 0. The van der Waals surface area contributed by atoms with Crippen molar-refractivity contribution in [3.8, 4) is 5.75 Å². The average Bonchev–Trinajstić information content (AvgIpc) is 2.00. The van der Waals surface area contributed by atoms with Crippen molar-refractivity contribution >= 4 is 15.8 Å². The van der Waals surface area contributed by atoms with Gasteiger partial charge in [-0.2, -0.15) is 8.42 Å². The minimum Gasteiger partial charge on any atom is -0.379 e. The topological polar surface area (TPSA) is 55.4 Å². The Balaban J connectivity index is 2.58. The Morgan fingerprint density at radius 2 is 2.07 bits per heavy atom. The molecule has 0 aliphatic carbocycles. The largest absolute Gasteiger partial charge is 0.379 e. The molecule has 1 aromatic rings. The third kappa shape index (κ3) is 1.55. The highest BCUT2D eigenvalue weighted by molar-refractivity contribution is 7.87. The molecule has 1 aliphatic rings. The molecule has 4 nitrogen and oxygen atoms in total. The Bertz CT molecular complexity index is 479. The van der Waals surface area contributed by atoms with Gasteiger partial charge < -0.3 is 9.50 Å². The molecule has 0 bridgehead atoms. The summed E-state index contributed by atoms with van der Waals surface area (Å²) in [7, 11) is -3.44. The second-order valence-corrected chi connectivity index (χ2v) is 4.99. The predicted molar refractivity (Wildman–Crippen MR) is 54.0 cm³/mol. The van der Waals surface area contributed by atoms with Gasteiger partial charge >= 0.3 is 10.1 Å². The summed E-state index contributed by atoms with van der Waals surface area (Å²) in [5, 5.41) is 2.84. The van der Waals surface area contributed by atoms with E-state index in [0.29, 0.717) is 5.75 Å². The van der Waals surface area contributed by atoms with Crippen LogP contribution in [0.25, 0.3) is 0 Å². The number of nitrogens with one attached hydrogen (secondary N) is 1. The van der Waals surface area contributed by atoms with Gasteiger partial charge in [-0.3, -0.25) is 0 Å². The first kappa shape index (κ1) is 9.33. The maximum absolute atomic E-state index is 11.2. The molecular formula is C9H11NO3S. The minimum atomic E-state index is -3.44. The van der Waals surface area contributed by atoms with Gasteiger partial charge in [0.1, 0.15) is 0 Å². The van der Waals surface area contributed by atoms with Crippen molar-refractivity contribution in [2.24, 2.45) is 0 Å². The molecule has 0 spiro atoms. The van der Waals surface area contributed by atoms with Crippen molar-refractivity contribution in [2.75, 3.05) is 11.2 Å². The van der Waals surface area contributed by atoms with Crippen LogP contribution >= 0.6 is 0 Å². The summed E-state index contributed by atoms with van der Waals surface area (Å²) in [6.45, 7) is 3.82. The molecule has 0 saturated heterocycles. The number of benzene rings is 1. The molecule has 1 N–H and O–H groups in total. The van der Waals surface area contributed by atoms with Gasteiger partial charge in [0.15, 0.2) is 11.6 Å². The van der Waals surface area contributed by atoms with Crippen LogP contribution in [0.2, 0.25) is 0 Å². The first-order valence-corrected chi connectivity index (χ1v) is 5.83. The maximum Gasteiger partial charge on any atom is 0.327 e. The summed E-state index contributed by atoms with van der Waals surface area (Å²) in [4.78, 5) is 0. The van der Waals surface area contributed by atoms with Gasteiger partial charge in [-0.15, -0.1) is 0 Å². The number of anilines is 1. The summed E-state index contributed by atoms with van der Waals surface area (Å²) in [5.74, 6) is 0.234. The molecule has 0 aromatic heterocycles. The molecule has 1 aromatic carbocycles. The van der Waals surface area contributed by atoms with E-state index in [0.717, 1.165) is 16.8 Å². The second-order valence-electron chi connectivity index (χ2n) is 3.42. The van der Waals surface area contributed by atoms with Gasteiger partial charge in [0.25, 0.3) is 0 Å². The number of hydrogen-bond acceptors (Lipinski definition) is 4. The van der Waals surface area contributed by atoms with Crippen LogP contribution in [0.15, 0.2) is 12.1 Å². The Labute approximate surface area is 83.0 Å². The molecule has 0 saturated carbocycles. The highest BCUT2D eigenvalue weighted by atomic mass is 32.2. The Morgan fingerprint density at radius 3 is 2.79 bits per heavy atom. The molecule has 76 valence electrons. The molecule has 5 heteroatoms. The lowest BCUT2D eigenvalue weighted by Gasteiger charge is -2.20. The third-order valence-corrected chi connectivity index (χ3v) is 3.02. The summed E-state index contributed by atoms with van der Waals surface area (Å²) in [6.07, 6.45) is 0. The summed E-state index contributed by atoms with van der Waals surface area (Å²) in [5.41, 5.74) is 2.75. The van der Waals surface area contributed by atoms with E-state index in [4.69, 9.17) is 4.18 Å². The van der Waals surface area contributed by atoms with Crippen molar-refractivity contribution in [2.45, 2.75) is 13.8 Å². The van der Waals surface area contributed by atoms with E-state index in [-0.39, 0.29) is 5.88 Å². The van der Waals surface area contributed by atoms with Crippen LogP contribution in [-0.2, 0) is 10.1 Å². The fraction of sp³-hybridized carbons (Fsp3) is 0.333. The fourth-order valence-corrected chi connectivity index (χ4v) is 2.33. The molecule has 0 amide bonds. The van der Waals surface area contributed by atoms with E-state index in [1.54, 1.807) is 6.07 Å². The van der Waals surface area contributed by atoms with Crippen LogP contribution in [-0.4, -0.2) is 14.3 Å². The van der Waals surface area contributed by atoms with E-state index in [2.05, 4.69) is 5.32 Å². The first-order valence-electron chi connectivity index (χ1n) is 4.25. The Hall–Kier alpha value is -1.23. The molecule has 14 heavy (non-hydrogen) atoms. The molecule has 0 atom stereocenters. The molecule has 0 fully saturated rings. The van der Waals surface area contributed by atoms with E-state index >= 15 is 0 Å². The Morgan fingerprint density at radius 1 is 1.36 bits per heavy atom. The van der Waals surface area contributed by atoms with Crippen molar-refractivity contribution in [1.29, 1.82) is 0 Å². The number of hydrogen-bond donors (Lipinski definition) is 1. The lowest BCUT2D eigenvalue weighted by atomic mass is 10.1. The average molecular weight is 213 g/mol. The van der Waals surface area contributed by atoms with Crippen molar-refractivity contribution in [1.82, 2.24) is 0 Å². The summed E-state index contributed by atoms with van der Waals surface area (Å²) < 4.78 is 27.2. The van der Waals surface area contributed by atoms with Crippen LogP contribution in [0.3, 0.4) is 0 Å². The van der Waals surface area contributed by atoms with Crippen LogP contribution in [0.4, 0.5) is 5.69 Å². The molecular weight excluding hydrogens is 202 g/mol. The summed E-state index contributed by atoms with van der Waals surface area (Å²) in [6, 6.07) is 3.69. The highest BCUT2D eigenvalue weighted by Gasteiger charge is 2.23. The van der Waals surface area contributed by atoms with Crippen molar-refractivity contribution in [3.05, 3.63) is 23.3 Å². The third-order valence-electron chi connectivity index (χ3n) is 2.09. The van der Waals surface area contributed by atoms with Crippen LogP contribution in [0.5, 0.6) is 5.75 Å². The number of rotatable bonds is 0. The lowest BCUT2D eigenvalue weighted by Crippen LogP contribution is -2.25. The van der Waals surface area contributed by atoms with E-state index in [1.807, 2.05) is 19.9 Å². The van der Waals surface area contributed by atoms with Crippen LogP contribution in [0.1, 0.15) is 11.1 Å². The standard InChI is InChI=1S/C9H11NO3S/c1-6-3-7(2)9-8(4-6)13-14(11,12)5-10-9/h3-4,10H,5H2,1-2H3. The second kappa shape index (κ2) is 2.88. The SMILES string of the molecule is Cc1cc(C)c2c(c1)OS(=O)(=O)CN2. The molecule has 1 heterocycles. The normalized spacial score (nSPS) is 17.9. The lowest BCUT2D eigenvalue weighted by molar-refractivity contribution is 0.483. The first-order chi connectivity index (χ1) is 6.48. The van der Waals surface area contributed by atoms with Gasteiger partial charge in [-0.1, -0.05) is 6.07 Å². The van der Waals surface area contributed by atoms with Crippen LogP contribution in [0, 0.1) is 13.8 Å². The van der Waals surface area contributed by atoms with E-state index < -0.39 is 10.1 Å². The zero-order chi connectivity index (χ0) is 10.3. The van der Waals surface area contributed by atoms with Crippen molar-refractivity contribution < 1.29 is 12.6 Å². The van der Waals surface area contributed by atoms with Gasteiger partial charge in [0.05, 0.1) is 5.69 Å². The quantitative estimate of drug-likeness (QED) is 0.662. The Kier molecular flexibility index (Phi) is 1.92. The maximum atomic E-state index is 11.2. The van der Waals surface area contributed by atoms with Gasteiger partial charge in [-0.05, 0) is 31.0 Å². The minimum absolute atomic E-state index is 0.163. The van der Waals surface area contributed by atoms with E-state index in [9.17, 15) is 8.42 Å². The monoisotopic (exact) mass is 213 g/mol. The molecule has 0 unspecified atom stereocenters. The highest BCUT2D eigenvalue weighted by Crippen LogP contribution is 2.33. The van der Waals surface area contributed by atoms with E-state index in [1.165, 1.54) is 0 Å². The predicted octanol–water partition coefficient (Wildman–Crippen LogP) is 1.40. The molecule has 0 radical (unpaired) electrons. The zero-order valence-corrected chi connectivity index (χ0v) is 8.81. The zero-order valence-electron chi connectivity index (χ0n) is 7.99. The van der Waals surface area contributed by atoms with Gasteiger partial charge in [-0.25, -0.2) is 0 Å². The van der Waals surface area contributed by atoms with Crippen LogP contribution < -0.4 is 9.50 Å². The number of aryl methyl sites for hydroxylation is 2. The molecule has 1 aliphatic heterocycles. The smallest absolute Gasteiger partial charge is 0.327 e. The molecule has 2 rings (SSSR count).